The lowest BCUT2D eigenvalue weighted by Gasteiger charge is -2.13. The summed E-state index contributed by atoms with van der Waals surface area (Å²) in [5, 5.41) is 3.99. The first-order chi connectivity index (χ1) is 11.2. The smallest absolute Gasteiger partial charge is 0.228 e. The first kappa shape index (κ1) is 15.6. The summed E-state index contributed by atoms with van der Waals surface area (Å²) in [4.78, 5) is 17.9. The van der Waals surface area contributed by atoms with Crippen molar-refractivity contribution < 1.29 is 4.79 Å². The molecule has 2 aromatic carbocycles. The Kier molecular flexibility index (Phi) is 4.93. The summed E-state index contributed by atoms with van der Waals surface area (Å²) in [7, 11) is 0. The highest BCUT2D eigenvalue weighted by atomic mass is 32.2. The largest absolute Gasteiger partial charge is 0.325 e. The Morgan fingerprint density at radius 3 is 2.74 bits per heavy atom. The number of hydrogen-bond donors (Lipinski definition) is 1. The lowest BCUT2D eigenvalue weighted by molar-refractivity contribution is -0.118. The molecule has 0 radical (unpaired) electrons. The number of carbonyl (C=O) groups excluding carboxylic acids is 1. The van der Waals surface area contributed by atoms with E-state index in [2.05, 4.69) is 22.4 Å². The Morgan fingerprint density at radius 2 is 1.91 bits per heavy atom. The van der Waals surface area contributed by atoms with E-state index in [0.29, 0.717) is 0 Å². The standard InChI is InChI=1S/C19H18N2OS/c1-14(13-23-15-7-3-2-4-8-15)19(22)21-18-11-5-10-17-16(18)9-6-12-20-17/h2-12,14H,13H2,1H3,(H,21,22). The van der Waals surface area contributed by atoms with Crippen LogP contribution in [-0.2, 0) is 4.79 Å². The molecule has 116 valence electrons. The molecule has 1 unspecified atom stereocenters. The van der Waals surface area contributed by atoms with Crippen molar-refractivity contribution in [3.63, 3.8) is 0 Å². The molecule has 0 aliphatic rings. The zero-order valence-corrected chi connectivity index (χ0v) is 13.7. The minimum Gasteiger partial charge on any atom is -0.325 e. The number of anilines is 1. The molecular weight excluding hydrogens is 304 g/mol. The van der Waals surface area contributed by atoms with Gasteiger partial charge in [0.05, 0.1) is 11.2 Å². The Morgan fingerprint density at radius 1 is 1.09 bits per heavy atom. The van der Waals surface area contributed by atoms with Crippen molar-refractivity contribution in [3.8, 4) is 0 Å². The average molecular weight is 322 g/mol. The summed E-state index contributed by atoms with van der Waals surface area (Å²) in [6, 6.07) is 19.8. The number of aromatic nitrogens is 1. The second kappa shape index (κ2) is 7.29. The van der Waals surface area contributed by atoms with Crippen LogP contribution in [0.25, 0.3) is 10.9 Å². The van der Waals surface area contributed by atoms with Gasteiger partial charge in [0.15, 0.2) is 0 Å². The van der Waals surface area contributed by atoms with Gasteiger partial charge in [-0.3, -0.25) is 9.78 Å². The van der Waals surface area contributed by atoms with Crippen LogP contribution in [-0.4, -0.2) is 16.6 Å². The molecule has 1 aromatic heterocycles. The average Bonchev–Trinajstić information content (AvgIpc) is 2.61. The topological polar surface area (TPSA) is 42.0 Å². The van der Waals surface area contributed by atoms with Crippen LogP contribution in [0.5, 0.6) is 0 Å². The molecular formula is C19H18N2OS. The highest BCUT2D eigenvalue weighted by molar-refractivity contribution is 7.99. The molecule has 3 rings (SSSR count). The van der Waals surface area contributed by atoms with E-state index in [0.717, 1.165) is 22.3 Å². The lowest BCUT2D eigenvalue weighted by atomic mass is 10.1. The van der Waals surface area contributed by atoms with Gasteiger partial charge in [-0.1, -0.05) is 31.2 Å². The molecule has 1 N–H and O–H groups in total. The summed E-state index contributed by atoms with van der Waals surface area (Å²) in [6.07, 6.45) is 1.76. The Hall–Kier alpha value is -2.33. The van der Waals surface area contributed by atoms with Crippen molar-refractivity contribution in [2.45, 2.75) is 11.8 Å². The van der Waals surface area contributed by atoms with E-state index in [1.165, 1.54) is 4.90 Å². The highest BCUT2D eigenvalue weighted by Gasteiger charge is 2.14. The molecule has 0 aliphatic heterocycles. The Labute approximate surface area is 140 Å². The third-order valence-electron chi connectivity index (χ3n) is 3.59. The van der Waals surface area contributed by atoms with Gasteiger partial charge in [0.2, 0.25) is 5.91 Å². The van der Waals surface area contributed by atoms with Crippen LogP contribution in [0.1, 0.15) is 6.92 Å². The van der Waals surface area contributed by atoms with E-state index < -0.39 is 0 Å². The SMILES string of the molecule is CC(CSc1ccccc1)C(=O)Nc1cccc2ncccc12. The minimum absolute atomic E-state index is 0.0322. The van der Waals surface area contributed by atoms with Gasteiger partial charge >= 0.3 is 0 Å². The Bertz CT molecular complexity index is 799. The van der Waals surface area contributed by atoms with Crippen LogP contribution in [0.3, 0.4) is 0 Å². The normalized spacial score (nSPS) is 12.0. The molecule has 3 aromatic rings. The summed E-state index contributed by atoms with van der Waals surface area (Å²) in [6.45, 7) is 1.95. The number of nitrogens with one attached hydrogen (secondary N) is 1. The molecule has 0 spiro atoms. The number of nitrogens with zero attached hydrogens (tertiary/aromatic N) is 1. The third-order valence-corrected chi connectivity index (χ3v) is 4.87. The number of pyridine rings is 1. The molecule has 0 saturated heterocycles. The number of thioether (sulfide) groups is 1. The van der Waals surface area contributed by atoms with Crippen LogP contribution < -0.4 is 5.32 Å². The van der Waals surface area contributed by atoms with Gasteiger partial charge in [-0.25, -0.2) is 0 Å². The van der Waals surface area contributed by atoms with E-state index in [4.69, 9.17) is 0 Å². The number of fused-ring (bicyclic) bond motifs is 1. The molecule has 1 heterocycles. The van der Waals surface area contributed by atoms with E-state index in [1.54, 1.807) is 18.0 Å². The predicted molar refractivity (Wildman–Crippen MR) is 96.7 cm³/mol. The van der Waals surface area contributed by atoms with E-state index in [1.807, 2.05) is 55.5 Å². The maximum atomic E-state index is 12.4. The number of carbonyl (C=O) groups is 1. The first-order valence-electron chi connectivity index (χ1n) is 7.56. The third kappa shape index (κ3) is 3.90. The number of benzene rings is 2. The van der Waals surface area contributed by atoms with Crippen LogP contribution in [0.2, 0.25) is 0 Å². The molecule has 3 nitrogen and oxygen atoms in total. The number of hydrogen-bond acceptors (Lipinski definition) is 3. The van der Waals surface area contributed by atoms with Gasteiger partial charge in [0.25, 0.3) is 0 Å². The zero-order chi connectivity index (χ0) is 16.1. The second-order valence-corrected chi connectivity index (χ2v) is 6.48. The van der Waals surface area contributed by atoms with Gasteiger partial charge in [-0.05, 0) is 36.4 Å². The van der Waals surface area contributed by atoms with Crippen molar-refractivity contribution in [1.29, 1.82) is 0 Å². The van der Waals surface area contributed by atoms with Gasteiger partial charge < -0.3 is 5.32 Å². The Balaban J connectivity index is 1.66. The lowest BCUT2D eigenvalue weighted by Crippen LogP contribution is -2.22. The number of amides is 1. The van der Waals surface area contributed by atoms with Crippen molar-refractivity contribution in [2.75, 3.05) is 11.1 Å². The fraction of sp³-hybridized carbons (Fsp3) is 0.158. The molecule has 0 saturated carbocycles. The van der Waals surface area contributed by atoms with Crippen molar-refractivity contribution in [1.82, 2.24) is 4.98 Å². The van der Waals surface area contributed by atoms with Crippen LogP contribution in [0.4, 0.5) is 5.69 Å². The quantitative estimate of drug-likeness (QED) is 0.698. The summed E-state index contributed by atoms with van der Waals surface area (Å²) < 4.78 is 0. The monoisotopic (exact) mass is 322 g/mol. The van der Waals surface area contributed by atoms with Crippen molar-refractivity contribution >= 4 is 34.3 Å². The van der Waals surface area contributed by atoms with Gasteiger partial charge in [0, 0.05) is 28.1 Å². The highest BCUT2D eigenvalue weighted by Crippen LogP contribution is 2.24. The van der Waals surface area contributed by atoms with Gasteiger partial charge in [-0.2, -0.15) is 0 Å². The maximum absolute atomic E-state index is 12.4. The van der Waals surface area contributed by atoms with Gasteiger partial charge in [-0.15, -0.1) is 11.8 Å². The summed E-state index contributed by atoms with van der Waals surface area (Å²) in [5.41, 5.74) is 1.70. The molecule has 23 heavy (non-hydrogen) atoms. The summed E-state index contributed by atoms with van der Waals surface area (Å²) >= 11 is 1.70. The van der Waals surface area contributed by atoms with Crippen LogP contribution in [0.15, 0.2) is 71.8 Å². The zero-order valence-electron chi connectivity index (χ0n) is 12.9. The number of rotatable bonds is 5. The molecule has 0 aliphatic carbocycles. The van der Waals surface area contributed by atoms with Crippen LogP contribution >= 0.6 is 11.8 Å². The van der Waals surface area contributed by atoms with Crippen LogP contribution in [0, 0.1) is 5.92 Å². The predicted octanol–water partition coefficient (Wildman–Crippen LogP) is 4.60. The molecule has 1 atom stereocenters. The van der Waals surface area contributed by atoms with E-state index in [9.17, 15) is 4.79 Å². The molecule has 4 heteroatoms. The molecule has 0 bridgehead atoms. The minimum atomic E-state index is -0.0767. The van der Waals surface area contributed by atoms with E-state index >= 15 is 0 Å². The molecule has 1 amide bonds. The first-order valence-corrected chi connectivity index (χ1v) is 8.55. The fourth-order valence-corrected chi connectivity index (χ4v) is 3.23. The van der Waals surface area contributed by atoms with Crippen molar-refractivity contribution in [2.24, 2.45) is 5.92 Å². The summed E-state index contributed by atoms with van der Waals surface area (Å²) in [5.74, 6) is 0.704. The van der Waals surface area contributed by atoms with Crippen molar-refractivity contribution in [3.05, 3.63) is 66.9 Å². The second-order valence-electron chi connectivity index (χ2n) is 5.39. The fourth-order valence-electron chi connectivity index (χ4n) is 2.28. The van der Waals surface area contributed by atoms with E-state index in [-0.39, 0.29) is 11.8 Å². The van der Waals surface area contributed by atoms with Gasteiger partial charge in [0.1, 0.15) is 0 Å². The molecule has 0 fully saturated rings. The maximum Gasteiger partial charge on any atom is 0.228 e.